The number of aromatic nitrogens is 5. The minimum Gasteiger partial charge on any atom is -0.376 e. The van der Waals surface area contributed by atoms with E-state index in [1.807, 2.05) is 28.7 Å². The van der Waals surface area contributed by atoms with E-state index in [1.165, 1.54) is 6.42 Å². The van der Waals surface area contributed by atoms with Crippen molar-refractivity contribution in [2.45, 2.75) is 50.8 Å². The van der Waals surface area contributed by atoms with Crippen molar-refractivity contribution in [1.29, 1.82) is 0 Å². The Hall–Kier alpha value is -3.04. The van der Waals surface area contributed by atoms with Gasteiger partial charge < -0.3 is 18.7 Å². The highest BCUT2D eigenvalue weighted by molar-refractivity contribution is 5.83. The molecular formula is C23H26N6O3. The summed E-state index contributed by atoms with van der Waals surface area (Å²) >= 11 is 0. The molecule has 9 nitrogen and oxygen atoms in total. The van der Waals surface area contributed by atoms with Crippen molar-refractivity contribution in [2.24, 2.45) is 0 Å². The number of nitrogens with zero attached hydrogens (tertiary/aromatic N) is 6. The highest BCUT2D eigenvalue weighted by Gasteiger charge is 2.26. The highest BCUT2D eigenvalue weighted by atomic mass is 16.5. The first-order valence-electron chi connectivity index (χ1n) is 11.3. The Morgan fingerprint density at radius 1 is 1.16 bits per heavy atom. The van der Waals surface area contributed by atoms with E-state index in [4.69, 9.17) is 9.26 Å². The Kier molecular flexibility index (Phi) is 4.80. The summed E-state index contributed by atoms with van der Waals surface area (Å²) in [7, 11) is 2.12. The predicted octanol–water partition coefficient (Wildman–Crippen LogP) is 2.51. The van der Waals surface area contributed by atoms with Crippen molar-refractivity contribution in [3.05, 3.63) is 46.8 Å². The third-order valence-corrected chi connectivity index (χ3v) is 6.82. The normalized spacial score (nSPS) is 21.9. The van der Waals surface area contributed by atoms with Crippen LogP contribution in [0.15, 0.2) is 39.9 Å². The SMILES string of the molecule is CN1CCCC1Cc1nc(-c2ncn3c2c(=O)n(CC2CCCO2)c2ccccc23)no1. The lowest BCUT2D eigenvalue weighted by molar-refractivity contribution is 0.0973. The van der Waals surface area contributed by atoms with E-state index in [-0.39, 0.29) is 11.7 Å². The number of ether oxygens (including phenoxy) is 1. The molecular weight excluding hydrogens is 408 g/mol. The summed E-state index contributed by atoms with van der Waals surface area (Å²) in [6.07, 6.45) is 6.73. The van der Waals surface area contributed by atoms with Crippen LogP contribution in [0.5, 0.6) is 0 Å². The largest absolute Gasteiger partial charge is 0.376 e. The molecule has 0 radical (unpaired) electrons. The maximum Gasteiger partial charge on any atom is 0.277 e. The van der Waals surface area contributed by atoms with Gasteiger partial charge in [-0.3, -0.25) is 9.20 Å². The summed E-state index contributed by atoms with van der Waals surface area (Å²) < 4.78 is 15.0. The molecule has 1 aromatic carbocycles. The van der Waals surface area contributed by atoms with Crippen molar-refractivity contribution in [1.82, 2.24) is 29.0 Å². The highest BCUT2D eigenvalue weighted by Crippen LogP contribution is 2.25. The number of hydrogen-bond donors (Lipinski definition) is 0. The number of rotatable bonds is 5. The van der Waals surface area contributed by atoms with Crippen LogP contribution in [0.25, 0.3) is 28.1 Å². The fraction of sp³-hybridized carbons (Fsp3) is 0.478. The molecule has 0 amide bonds. The summed E-state index contributed by atoms with van der Waals surface area (Å²) in [5.41, 5.74) is 2.58. The number of likely N-dealkylation sites (tertiary alicyclic amines) is 1. The van der Waals surface area contributed by atoms with Gasteiger partial charge in [0.25, 0.3) is 5.56 Å². The summed E-state index contributed by atoms with van der Waals surface area (Å²) in [6.45, 7) is 2.36. The summed E-state index contributed by atoms with van der Waals surface area (Å²) in [5.74, 6) is 0.944. The van der Waals surface area contributed by atoms with Gasteiger partial charge in [0, 0.05) is 19.1 Å². The second-order valence-electron chi connectivity index (χ2n) is 8.84. The molecule has 2 saturated heterocycles. The molecule has 0 bridgehead atoms. The lowest BCUT2D eigenvalue weighted by Gasteiger charge is -2.16. The van der Waals surface area contributed by atoms with Crippen LogP contribution in [0.1, 0.15) is 31.6 Å². The third kappa shape index (κ3) is 3.23. The van der Waals surface area contributed by atoms with Crippen LogP contribution < -0.4 is 5.56 Å². The van der Waals surface area contributed by atoms with Crippen LogP contribution in [0.4, 0.5) is 0 Å². The summed E-state index contributed by atoms with van der Waals surface area (Å²) in [4.78, 5) is 25.1. The zero-order valence-corrected chi connectivity index (χ0v) is 18.1. The average Bonchev–Trinajstić information content (AvgIpc) is 3.60. The molecule has 4 aromatic rings. The van der Waals surface area contributed by atoms with E-state index in [0.717, 1.165) is 43.4 Å². The lowest BCUT2D eigenvalue weighted by Crippen LogP contribution is -2.28. The van der Waals surface area contributed by atoms with Crippen molar-refractivity contribution in [2.75, 3.05) is 20.2 Å². The zero-order valence-electron chi connectivity index (χ0n) is 18.1. The fourth-order valence-corrected chi connectivity index (χ4v) is 5.08. The first-order valence-corrected chi connectivity index (χ1v) is 11.3. The van der Waals surface area contributed by atoms with Crippen LogP contribution in [0.2, 0.25) is 0 Å². The van der Waals surface area contributed by atoms with Gasteiger partial charge in [-0.05, 0) is 51.4 Å². The van der Waals surface area contributed by atoms with Crippen molar-refractivity contribution >= 4 is 16.6 Å². The van der Waals surface area contributed by atoms with Gasteiger partial charge in [-0.15, -0.1) is 0 Å². The Bertz CT molecular complexity index is 1330. The molecule has 166 valence electrons. The van der Waals surface area contributed by atoms with E-state index in [9.17, 15) is 4.79 Å². The first-order chi connectivity index (χ1) is 15.7. The van der Waals surface area contributed by atoms with E-state index >= 15 is 0 Å². The van der Waals surface area contributed by atoms with E-state index in [0.29, 0.717) is 41.9 Å². The second kappa shape index (κ2) is 7.83. The standard InChI is InChI=1S/C23H26N6O3/c1-27-10-4-6-15(27)12-19-25-22(26-32-19)20-21-23(30)28(13-16-7-5-11-31-16)17-8-2-3-9-18(17)29(21)14-24-20/h2-3,8-9,14-16H,4-7,10-13H2,1H3. The van der Waals surface area contributed by atoms with Crippen LogP contribution in [-0.4, -0.2) is 61.3 Å². The smallest absolute Gasteiger partial charge is 0.277 e. The van der Waals surface area contributed by atoms with Crippen molar-refractivity contribution in [3.63, 3.8) is 0 Å². The molecule has 32 heavy (non-hydrogen) atoms. The van der Waals surface area contributed by atoms with Gasteiger partial charge in [0.1, 0.15) is 17.5 Å². The Morgan fingerprint density at radius 2 is 2.03 bits per heavy atom. The maximum absolute atomic E-state index is 13.7. The fourth-order valence-electron chi connectivity index (χ4n) is 5.08. The monoisotopic (exact) mass is 434 g/mol. The number of imidazole rings is 1. The predicted molar refractivity (Wildman–Crippen MR) is 119 cm³/mol. The second-order valence-corrected chi connectivity index (χ2v) is 8.84. The van der Waals surface area contributed by atoms with Crippen LogP contribution in [0.3, 0.4) is 0 Å². The van der Waals surface area contributed by atoms with Gasteiger partial charge in [0.05, 0.1) is 23.7 Å². The number of fused-ring (bicyclic) bond motifs is 3. The molecule has 2 aliphatic rings. The number of likely N-dealkylation sites (N-methyl/N-ethyl adjacent to an activating group) is 1. The average molecular weight is 435 g/mol. The molecule has 2 atom stereocenters. The third-order valence-electron chi connectivity index (χ3n) is 6.82. The Morgan fingerprint density at radius 3 is 2.81 bits per heavy atom. The molecule has 0 N–H and O–H groups in total. The van der Waals surface area contributed by atoms with E-state index < -0.39 is 0 Å². The van der Waals surface area contributed by atoms with Gasteiger partial charge in [-0.2, -0.15) is 4.98 Å². The number of para-hydroxylation sites is 2. The number of benzene rings is 1. The molecule has 0 aliphatic carbocycles. The molecule has 0 saturated carbocycles. The lowest BCUT2D eigenvalue weighted by atomic mass is 10.1. The summed E-state index contributed by atoms with van der Waals surface area (Å²) in [6, 6.07) is 8.29. The van der Waals surface area contributed by atoms with E-state index in [1.54, 1.807) is 10.9 Å². The minimum atomic E-state index is -0.117. The van der Waals surface area contributed by atoms with Crippen LogP contribution >= 0.6 is 0 Å². The molecule has 0 spiro atoms. The summed E-state index contributed by atoms with van der Waals surface area (Å²) in [5, 5.41) is 4.18. The Balaban J connectivity index is 1.45. The first kappa shape index (κ1) is 19.6. The molecule has 2 unspecified atom stereocenters. The maximum atomic E-state index is 13.7. The quantitative estimate of drug-likeness (QED) is 0.477. The number of hydrogen-bond acceptors (Lipinski definition) is 7. The van der Waals surface area contributed by atoms with Gasteiger partial charge >= 0.3 is 0 Å². The minimum absolute atomic E-state index is 0.0464. The molecule has 2 fully saturated rings. The molecule has 3 aromatic heterocycles. The van der Waals surface area contributed by atoms with Crippen molar-refractivity contribution in [3.8, 4) is 11.5 Å². The molecule has 9 heteroatoms. The van der Waals surface area contributed by atoms with Crippen LogP contribution in [-0.2, 0) is 17.7 Å². The topological polar surface area (TPSA) is 90.7 Å². The van der Waals surface area contributed by atoms with Crippen molar-refractivity contribution < 1.29 is 9.26 Å². The van der Waals surface area contributed by atoms with Crippen LogP contribution in [0, 0.1) is 0 Å². The van der Waals surface area contributed by atoms with Gasteiger partial charge in [0.2, 0.25) is 11.7 Å². The zero-order chi connectivity index (χ0) is 21.7. The van der Waals surface area contributed by atoms with E-state index in [2.05, 4.69) is 27.1 Å². The molecule has 6 rings (SSSR count). The van der Waals surface area contributed by atoms with Gasteiger partial charge in [-0.1, -0.05) is 17.3 Å². The van der Waals surface area contributed by atoms with Gasteiger partial charge in [-0.25, -0.2) is 4.98 Å². The molecule has 2 aliphatic heterocycles. The molecule has 5 heterocycles. The van der Waals surface area contributed by atoms with Gasteiger partial charge in [0.15, 0.2) is 0 Å². The Labute approximate surface area is 184 Å².